The van der Waals surface area contributed by atoms with Crippen molar-refractivity contribution in [2.45, 2.75) is 92.2 Å². The predicted octanol–water partition coefficient (Wildman–Crippen LogP) is 5.58. The molecule has 30 heavy (non-hydrogen) atoms. The van der Waals surface area contributed by atoms with Crippen molar-refractivity contribution in [2.24, 2.45) is 22.7 Å². The molecule has 0 radical (unpaired) electrons. The number of hydrogen-bond donors (Lipinski definition) is 2. The summed E-state index contributed by atoms with van der Waals surface area (Å²) in [5, 5.41) is 6.43. The molecule has 4 heteroatoms. The molecular formula is C26H40N2O2. The van der Waals surface area contributed by atoms with Gasteiger partial charge in [-0.05, 0) is 79.4 Å². The zero-order chi connectivity index (χ0) is 22.1. The molecule has 2 aliphatic rings. The van der Waals surface area contributed by atoms with E-state index in [-0.39, 0.29) is 34.7 Å². The Kier molecular flexibility index (Phi) is 6.64. The number of nitrogens with one attached hydrogen (secondary N) is 2. The van der Waals surface area contributed by atoms with Crippen LogP contribution in [0.15, 0.2) is 24.3 Å². The normalized spacial score (nSPS) is 30.3. The van der Waals surface area contributed by atoms with Crippen LogP contribution >= 0.6 is 0 Å². The summed E-state index contributed by atoms with van der Waals surface area (Å²) < 4.78 is 0. The van der Waals surface area contributed by atoms with Gasteiger partial charge in [-0.1, -0.05) is 47.6 Å². The smallest absolute Gasteiger partial charge is 0.251 e. The first-order valence-electron chi connectivity index (χ1n) is 11.6. The molecule has 0 spiro atoms. The fourth-order valence-corrected chi connectivity index (χ4v) is 6.25. The Bertz CT molecular complexity index is 722. The summed E-state index contributed by atoms with van der Waals surface area (Å²) in [7, 11) is 0. The van der Waals surface area contributed by atoms with Gasteiger partial charge in [0.2, 0.25) is 0 Å². The van der Waals surface area contributed by atoms with Gasteiger partial charge in [-0.3, -0.25) is 9.59 Å². The Morgan fingerprint density at radius 2 is 1.17 bits per heavy atom. The van der Waals surface area contributed by atoms with Gasteiger partial charge >= 0.3 is 0 Å². The minimum Gasteiger partial charge on any atom is -0.349 e. The van der Waals surface area contributed by atoms with Gasteiger partial charge in [-0.15, -0.1) is 0 Å². The number of carbonyl (C=O) groups is 2. The highest BCUT2D eigenvalue weighted by molar-refractivity contribution is 5.99. The van der Waals surface area contributed by atoms with E-state index in [4.69, 9.17) is 0 Å². The van der Waals surface area contributed by atoms with E-state index < -0.39 is 0 Å². The molecule has 0 bridgehead atoms. The molecule has 3 rings (SSSR count). The summed E-state index contributed by atoms with van der Waals surface area (Å²) in [6.45, 7) is 13.6. The van der Waals surface area contributed by atoms with Crippen LogP contribution in [0.4, 0.5) is 0 Å². The van der Waals surface area contributed by atoms with Crippen LogP contribution in [0.25, 0.3) is 0 Å². The molecule has 2 fully saturated rings. The first-order chi connectivity index (χ1) is 13.9. The zero-order valence-electron chi connectivity index (χ0n) is 19.7. The second kappa shape index (κ2) is 8.72. The Morgan fingerprint density at radius 1 is 0.767 bits per heavy atom. The van der Waals surface area contributed by atoms with Crippen molar-refractivity contribution in [3.63, 3.8) is 0 Å². The van der Waals surface area contributed by atoms with Crippen molar-refractivity contribution in [3.8, 4) is 0 Å². The summed E-state index contributed by atoms with van der Waals surface area (Å²) in [5.74, 6) is 1.07. The molecule has 1 aromatic rings. The van der Waals surface area contributed by atoms with Gasteiger partial charge < -0.3 is 10.6 Å². The maximum absolute atomic E-state index is 12.9. The van der Waals surface area contributed by atoms with Crippen molar-refractivity contribution >= 4 is 11.8 Å². The Morgan fingerprint density at radius 3 is 1.53 bits per heavy atom. The molecule has 2 saturated carbocycles. The summed E-state index contributed by atoms with van der Waals surface area (Å²) in [5.41, 5.74) is 1.64. The highest BCUT2D eigenvalue weighted by Crippen LogP contribution is 2.39. The lowest BCUT2D eigenvalue weighted by atomic mass is 9.70. The number of hydrogen-bond acceptors (Lipinski definition) is 2. The molecule has 1 aromatic carbocycles. The van der Waals surface area contributed by atoms with Gasteiger partial charge in [0.1, 0.15) is 0 Å². The first kappa shape index (κ1) is 22.8. The fourth-order valence-electron chi connectivity index (χ4n) is 6.25. The van der Waals surface area contributed by atoms with E-state index in [0.29, 0.717) is 23.0 Å². The number of rotatable bonds is 4. The topological polar surface area (TPSA) is 58.2 Å². The highest BCUT2D eigenvalue weighted by atomic mass is 16.2. The van der Waals surface area contributed by atoms with E-state index >= 15 is 0 Å². The molecule has 4 nitrogen and oxygen atoms in total. The van der Waals surface area contributed by atoms with Gasteiger partial charge in [0.05, 0.1) is 0 Å². The lowest BCUT2D eigenvalue weighted by Crippen LogP contribution is -2.43. The molecule has 2 amide bonds. The molecule has 166 valence electrons. The van der Waals surface area contributed by atoms with Crippen LogP contribution in [0.2, 0.25) is 0 Å². The average molecular weight is 413 g/mol. The van der Waals surface area contributed by atoms with Gasteiger partial charge in [-0.25, -0.2) is 0 Å². The van der Waals surface area contributed by atoms with E-state index in [1.807, 2.05) is 6.07 Å². The number of benzene rings is 1. The quantitative estimate of drug-likeness (QED) is 0.678. The van der Waals surface area contributed by atoms with Crippen molar-refractivity contribution in [2.75, 3.05) is 0 Å². The molecule has 0 heterocycles. The van der Waals surface area contributed by atoms with Gasteiger partial charge in [-0.2, -0.15) is 0 Å². The van der Waals surface area contributed by atoms with Crippen molar-refractivity contribution in [1.82, 2.24) is 10.6 Å². The molecule has 0 unspecified atom stereocenters. The maximum atomic E-state index is 12.9. The molecule has 0 aromatic heterocycles. The van der Waals surface area contributed by atoms with Gasteiger partial charge in [0.25, 0.3) is 11.8 Å². The molecule has 0 aliphatic heterocycles. The second-order valence-electron chi connectivity index (χ2n) is 11.7. The molecule has 2 N–H and O–H groups in total. The Balaban J connectivity index is 1.64. The molecule has 4 atom stereocenters. The third-order valence-corrected chi connectivity index (χ3v) is 6.83. The summed E-state index contributed by atoms with van der Waals surface area (Å²) in [6, 6.07) is 7.54. The van der Waals surface area contributed by atoms with Crippen LogP contribution in [0, 0.1) is 22.7 Å². The SMILES string of the molecule is C[C@H]1C[C@@H](NC(=O)c2cccc(C(=O)N[C@@H]3C[C@H](C)CC(C)(C)C3)c2)CC(C)(C)C1. The first-order valence-corrected chi connectivity index (χ1v) is 11.6. The monoisotopic (exact) mass is 412 g/mol. The van der Waals surface area contributed by atoms with E-state index in [1.54, 1.807) is 18.2 Å². The van der Waals surface area contributed by atoms with E-state index in [1.165, 1.54) is 12.8 Å². The number of amides is 2. The lowest BCUT2D eigenvalue weighted by molar-refractivity contribution is 0.0871. The van der Waals surface area contributed by atoms with Crippen molar-refractivity contribution < 1.29 is 9.59 Å². The summed E-state index contributed by atoms with van der Waals surface area (Å²) >= 11 is 0. The minimum atomic E-state index is -0.0769. The lowest BCUT2D eigenvalue weighted by Gasteiger charge is -2.39. The van der Waals surface area contributed by atoms with E-state index in [9.17, 15) is 9.59 Å². The predicted molar refractivity (Wildman–Crippen MR) is 123 cm³/mol. The zero-order valence-corrected chi connectivity index (χ0v) is 19.7. The highest BCUT2D eigenvalue weighted by Gasteiger charge is 2.34. The fraction of sp³-hybridized carbons (Fsp3) is 0.692. The average Bonchev–Trinajstić information content (AvgIpc) is 2.58. The molecule has 2 aliphatic carbocycles. The number of carbonyl (C=O) groups excluding carboxylic acids is 2. The van der Waals surface area contributed by atoms with Crippen molar-refractivity contribution in [3.05, 3.63) is 35.4 Å². The van der Waals surface area contributed by atoms with E-state index in [2.05, 4.69) is 52.2 Å². The van der Waals surface area contributed by atoms with Crippen LogP contribution in [0.5, 0.6) is 0 Å². The maximum Gasteiger partial charge on any atom is 0.251 e. The molecule has 0 saturated heterocycles. The largest absolute Gasteiger partial charge is 0.349 e. The van der Waals surface area contributed by atoms with Crippen molar-refractivity contribution in [1.29, 1.82) is 0 Å². The third-order valence-electron chi connectivity index (χ3n) is 6.83. The van der Waals surface area contributed by atoms with Gasteiger partial charge in [0, 0.05) is 23.2 Å². The van der Waals surface area contributed by atoms with Crippen LogP contribution in [-0.4, -0.2) is 23.9 Å². The second-order valence-corrected chi connectivity index (χ2v) is 11.7. The van der Waals surface area contributed by atoms with Gasteiger partial charge in [0.15, 0.2) is 0 Å². The van der Waals surface area contributed by atoms with Crippen LogP contribution in [0.1, 0.15) is 101 Å². The summed E-state index contributed by atoms with van der Waals surface area (Å²) in [6.07, 6.45) is 6.44. The molecular weight excluding hydrogens is 372 g/mol. The van der Waals surface area contributed by atoms with Crippen LogP contribution < -0.4 is 10.6 Å². The van der Waals surface area contributed by atoms with E-state index in [0.717, 1.165) is 25.7 Å². The minimum absolute atomic E-state index is 0.0769. The Labute approximate surface area is 182 Å². The summed E-state index contributed by atoms with van der Waals surface area (Å²) in [4.78, 5) is 25.8. The standard InChI is InChI=1S/C26H40N2O2/c1-17-10-21(15-25(3,4)13-17)27-23(29)19-8-7-9-20(12-19)24(30)28-22-11-18(2)14-26(5,6)16-22/h7-9,12,17-18,21-22H,10-11,13-16H2,1-6H3,(H,27,29)(H,28,30)/t17-,18-,21+,22+/m0/s1. The van der Waals surface area contributed by atoms with Crippen LogP contribution in [-0.2, 0) is 0 Å². The Hall–Kier alpha value is -1.84. The third kappa shape index (κ3) is 6.09. The van der Waals surface area contributed by atoms with Crippen LogP contribution in [0.3, 0.4) is 0 Å².